The van der Waals surface area contributed by atoms with Crippen molar-refractivity contribution in [2.45, 2.75) is 34.1 Å². The maximum atomic E-state index is 12.2. The highest BCUT2D eigenvalue weighted by molar-refractivity contribution is 5.71. The summed E-state index contributed by atoms with van der Waals surface area (Å²) in [5.74, 6) is -0.936. The van der Waals surface area contributed by atoms with Crippen LogP contribution in [-0.2, 0) is 11.2 Å². The SMILES string of the molecule is Cc1cc(C)cc(-n2c(C)c(CC(=O)O)c(C)nc2=O)c1. The van der Waals surface area contributed by atoms with Crippen LogP contribution in [0.3, 0.4) is 0 Å². The minimum absolute atomic E-state index is 0.143. The van der Waals surface area contributed by atoms with Crippen molar-refractivity contribution in [3.8, 4) is 5.69 Å². The Morgan fingerprint density at radius 1 is 1.14 bits per heavy atom. The highest BCUT2D eigenvalue weighted by Crippen LogP contribution is 2.17. The quantitative estimate of drug-likeness (QED) is 0.937. The molecule has 0 spiro atoms. The summed E-state index contributed by atoms with van der Waals surface area (Å²) in [6, 6.07) is 5.80. The number of hydrogen-bond acceptors (Lipinski definition) is 3. The molecule has 1 aromatic carbocycles. The number of aliphatic carboxylic acids is 1. The molecule has 110 valence electrons. The highest BCUT2D eigenvalue weighted by Gasteiger charge is 2.15. The lowest BCUT2D eigenvalue weighted by atomic mass is 10.1. The van der Waals surface area contributed by atoms with Crippen molar-refractivity contribution in [2.24, 2.45) is 0 Å². The molecular formula is C16H18N2O3. The lowest BCUT2D eigenvalue weighted by molar-refractivity contribution is -0.136. The van der Waals surface area contributed by atoms with Gasteiger partial charge in [-0.1, -0.05) is 6.07 Å². The van der Waals surface area contributed by atoms with Gasteiger partial charge in [0.1, 0.15) is 0 Å². The van der Waals surface area contributed by atoms with Crippen molar-refractivity contribution < 1.29 is 9.90 Å². The summed E-state index contributed by atoms with van der Waals surface area (Å²) in [5.41, 5.74) is 4.09. The van der Waals surface area contributed by atoms with Crippen LogP contribution in [0.5, 0.6) is 0 Å². The molecule has 5 heteroatoms. The van der Waals surface area contributed by atoms with E-state index < -0.39 is 5.97 Å². The number of nitrogens with zero attached hydrogens (tertiary/aromatic N) is 2. The number of rotatable bonds is 3. The lowest BCUT2D eigenvalue weighted by Gasteiger charge is -2.15. The van der Waals surface area contributed by atoms with Gasteiger partial charge in [0.15, 0.2) is 0 Å². The van der Waals surface area contributed by atoms with Gasteiger partial charge in [-0.15, -0.1) is 0 Å². The maximum Gasteiger partial charge on any atom is 0.352 e. The van der Waals surface area contributed by atoms with Gasteiger partial charge in [-0.25, -0.2) is 4.79 Å². The number of carbonyl (C=O) groups is 1. The molecular weight excluding hydrogens is 268 g/mol. The van der Waals surface area contributed by atoms with Crippen LogP contribution < -0.4 is 5.69 Å². The topological polar surface area (TPSA) is 72.2 Å². The van der Waals surface area contributed by atoms with Gasteiger partial charge in [-0.05, 0) is 51.0 Å². The molecule has 0 aliphatic rings. The Hall–Kier alpha value is -2.43. The molecule has 2 rings (SSSR count). The number of aryl methyl sites for hydroxylation is 3. The second kappa shape index (κ2) is 5.52. The van der Waals surface area contributed by atoms with E-state index in [1.807, 2.05) is 32.0 Å². The molecule has 0 aliphatic carbocycles. The Morgan fingerprint density at radius 3 is 2.24 bits per heavy atom. The molecule has 0 aliphatic heterocycles. The number of carboxylic acid groups (broad SMARTS) is 1. The molecule has 0 atom stereocenters. The summed E-state index contributed by atoms with van der Waals surface area (Å²) >= 11 is 0. The van der Waals surface area contributed by atoms with Crippen LogP contribution in [0.4, 0.5) is 0 Å². The van der Waals surface area contributed by atoms with Gasteiger partial charge in [0.05, 0.1) is 12.1 Å². The second-order valence-electron chi connectivity index (χ2n) is 5.30. The van der Waals surface area contributed by atoms with Crippen LogP contribution in [-0.4, -0.2) is 20.6 Å². The van der Waals surface area contributed by atoms with Crippen molar-refractivity contribution in [1.29, 1.82) is 0 Å². The zero-order chi connectivity index (χ0) is 15.7. The zero-order valence-electron chi connectivity index (χ0n) is 12.6. The third kappa shape index (κ3) is 3.02. The molecule has 0 saturated carbocycles. The van der Waals surface area contributed by atoms with Gasteiger partial charge in [-0.3, -0.25) is 9.36 Å². The third-order valence-electron chi connectivity index (χ3n) is 3.46. The second-order valence-corrected chi connectivity index (χ2v) is 5.30. The molecule has 21 heavy (non-hydrogen) atoms. The minimum atomic E-state index is -0.936. The van der Waals surface area contributed by atoms with Crippen LogP contribution in [0.2, 0.25) is 0 Å². The van der Waals surface area contributed by atoms with E-state index in [4.69, 9.17) is 5.11 Å². The Balaban J connectivity index is 2.74. The summed E-state index contributed by atoms with van der Waals surface area (Å²) in [6.45, 7) is 7.33. The van der Waals surface area contributed by atoms with Crippen molar-refractivity contribution in [3.05, 3.63) is 56.8 Å². The minimum Gasteiger partial charge on any atom is -0.481 e. The molecule has 0 radical (unpaired) electrons. The van der Waals surface area contributed by atoms with E-state index in [0.29, 0.717) is 22.6 Å². The van der Waals surface area contributed by atoms with E-state index in [0.717, 1.165) is 11.1 Å². The molecule has 1 aromatic heterocycles. The number of hydrogen-bond donors (Lipinski definition) is 1. The summed E-state index contributed by atoms with van der Waals surface area (Å²) in [4.78, 5) is 27.2. The maximum absolute atomic E-state index is 12.2. The monoisotopic (exact) mass is 286 g/mol. The Morgan fingerprint density at radius 2 is 1.71 bits per heavy atom. The summed E-state index contributed by atoms with van der Waals surface area (Å²) in [7, 11) is 0. The average Bonchev–Trinajstić information content (AvgIpc) is 2.32. The Labute approximate surface area is 122 Å². The highest BCUT2D eigenvalue weighted by atomic mass is 16.4. The Kier molecular flexibility index (Phi) is 3.93. The van der Waals surface area contributed by atoms with Crippen molar-refractivity contribution in [1.82, 2.24) is 9.55 Å². The number of benzene rings is 1. The van der Waals surface area contributed by atoms with E-state index in [9.17, 15) is 9.59 Å². The standard InChI is InChI=1S/C16H18N2O3/c1-9-5-10(2)7-13(6-9)18-12(4)14(8-15(19)20)11(3)17-16(18)21/h5-7H,8H2,1-4H3,(H,19,20). The van der Waals surface area contributed by atoms with Gasteiger partial charge in [0.25, 0.3) is 0 Å². The molecule has 0 unspecified atom stereocenters. The van der Waals surface area contributed by atoms with Gasteiger partial charge in [0, 0.05) is 17.0 Å². The molecule has 2 aromatic rings. The van der Waals surface area contributed by atoms with Gasteiger partial charge in [-0.2, -0.15) is 4.98 Å². The Bertz CT molecular complexity index is 756. The molecule has 0 fully saturated rings. The van der Waals surface area contributed by atoms with E-state index in [1.165, 1.54) is 4.57 Å². The average molecular weight is 286 g/mol. The predicted molar refractivity (Wildman–Crippen MR) is 80.1 cm³/mol. The van der Waals surface area contributed by atoms with Crippen molar-refractivity contribution in [3.63, 3.8) is 0 Å². The number of carboxylic acids is 1. The van der Waals surface area contributed by atoms with Crippen LogP contribution in [0.1, 0.15) is 28.1 Å². The normalized spacial score (nSPS) is 10.7. The predicted octanol–water partition coefficient (Wildman–Crippen LogP) is 2.09. The number of aromatic nitrogens is 2. The lowest BCUT2D eigenvalue weighted by Crippen LogP contribution is -2.27. The summed E-state index contributed by atoms with van der Waals surface area (Å²) < 4.78 is 1.48. The summed E-state index contributed by atoms with van der Waals surface area (Å²) in [6.07, 6.45) is -0.143. The van der Waals surface area contributed by atoms with Gasteiger partial charge < -0.3 is 5.11 Å². The van der Waals surface area contributed by atoms with E-state index >= 15 is 0 Å². The van der Waals surface area contributed by atoms with Gasteiger partial charge in [0.2, 0.25) is 0 Å². The van der Waals surface area contributed by atoms with E-state index in [2.05, 4.69) is 4.98 Å². The first-order chi connectivity index (χ1) is 9.79. The van der Waals surface area contributed by atoms with Crippen LogP contribution in [0.25, 0.3) is 5.69 Å². The molecule has 0 amide bonds. The van der Waals surface area contributed by atoms with Crippen LogP contribution in [0, 0.1) is 27.7 Å². The first-order valence-corrected chi connectivity index (χ1v) is 6.69. The van der Waals surface area contributed by atoms with Crippen LogP contribution >= 0.6 is 0 Å². The van der Waals surface area contributed by atoms with Crippen molar-refractivity contribution >= 4 is 5.97 Å². The summed E-state index contributed by atoms with van der Waals surface area (Å²) in [5, 5.41) is 9.02. The fraction of sp³-hybridized carbons (Fsp3) is 0.312. The fourth-order valence-electron chi connectivity index (χ4n) is 2.59. The van der Waals surface area contributed by atoms with Crippen LogP contribution in [0.15, 0.2) is 23.0 Å². The first kappa shape index (κ1) is 15.0. The molecule has 1 N–H and O–H groups in total. The smallest absolute Gasteiger partial charge is 0.352 e. The third-order valence-corrected chi connectivity index (χ3v) is 3.46. The molecule has 0 saturated heterocycles. The molecule has 5 nitrogen and oxygen atoms in total. The van der Waals surface area contributed by atoms with E-state index in [-0.39, 0.29) is 12.1 Å². The largest absolute Gasteiger partial charge is 0.481 e. The molecule has 1 heterocycles. The van der Waals surface area contributed by atoms with E-state index in [1.54, 1.807) is 13.8 Å². The zero-order valence-corrected chi connectivity index (χ0v) is 12.6. The van der Waals surface area contributed by atoms with Crippen molar-refractivity contribution in [2.75, 3.05) is 0 Å². The molecule has 0 bridgehead atoms. The van der Waals surface area contributed by atoms with Gasteiger partial charge >= 0.3 is 11.7 Å². The first-order valence-electron chi connectivity index (χ1n) is 6.69. The fourth-order valence-corrected chi connectivity index (χ4v) is 2.59.